The number of carbonyl (C=O) groups excluding carboxylic acids is 1. The Morgan fingerprint density at radius 1 is 1.41 bits per heavy atom. The maximum atomic E-state index is 11.7. The van der Waals surface area contributed by atoms with Crippen molar-refractivity contribution in [1.82, 2.24) is 10.6 Å². The lowest BCUT2D eigenvalue weighted by atomic mass is 10.2. The van der Waals surface area contributed by atoms with Gasteiger partial charge < -0.3 is 15.7 Å². The first-order chi connectivity index (χ1) is 7.99. The van der Waals surface area contributed by atoms with Gasteiger partial charge in [0.25, 0.3) is 0 Å². The number of rotatable bonds is 9. The van der Waals surface area contributed by atoms with Crippen LogP contribution < -0.4 is 10.6 Å². The average Bonchev–Trinajstić information content (AvgIpc) is 2.16. The number of aliphatic hydroxyl groups excluding tert-OH is 1. The molecule has 6 heteroatoms. The topological polar surface area (TPSA) is 78.4 Å². The van der Waals surface area contributed by atoms with Gasteiger partial charge in [0.1, 0.15) is 5.75 Å². The molecule has 102 valence electrons. The molecule has 0 aliphatic rings. The maximum absolute atomic E-state index is 11.7. The Labute approximate surface area is 106 Å². The third kappa shape index (κ3) is 9.26. The Balaban J connectivity index is 4.00. The average molecular weight is 264 g/mol. The SMILES string of the molecule is CCNC(CCO)CS(=O)CC(=O)NC(C)C. The zero-order valence-corrected chi connectivity index (χ0v) is 11.7. The van der Waals surface area contributed by atoms with E-state index in [4.69, 9.17) is 5.11 Å². The Morgan fingerprint density at radius 2 is 2.06 bits per heavy atom. The number of carbonyl (C=O) groups is 1. The van der Waals surface area contributed by atoms with E-state index >= 15 is 0 Å². The molecule has 0 aliphatic carbocycles. The first-order valence-corrected chi connectivity index (χ1v) is 7.47. The van der Waals surface area contributed by atoms with E-state index in [1.54, 1.807) is 0 Å². The van der Waals surface area contributed by atoms with Crippen molar-refractivity contribution in [2.24, 2.45) is 0 Å². The van der Waals surface area contributed by atoms with Gasteiger partial charge in [-0.2, -0.15) is 0 Å². The zero-order chi connectivity index (χ0) is 13.3. The van der Waals surface area contributed by atoms with Crippen LogP contribution in [0.5, 0.6) is 0 Å². The summed E-state index contributed by atoms with van der Waals surface area (Å²) >= 11 is 0. The predicted molar refractivity (Wildman–Crippen MR) is 70.3 cm³/mol. The van der Waals surface area contributed by atoms with Crippen LogP contribution in [0.4, 0.5) is 0 Å². The lowest BCUT2D eigenvalue weighted by Crippen LogP contribution is -2.38. The van der Waals surface area contributed by atoms with E-state index in [-0.39, 0.29) is 30.4 Å². The molecule has 5 nitrogen and oxygen atoms in total. The highest BCUT2D eigenvalue weighted by atomic mass is 32.2. The van der Waals surface area contributed by atoms with E-state index in [0.29, 0.717) is 12.2 Å². The van der Waals surface area contributed by atoms with Gasteiger partial charge >= 0.3 is 0 Å². The Hall–Kier alpha value is -0.460. The monoisotopic (exact) mass is 264 g/mol. The summed E-state index contributed by atoms with van der Waals surface area (Å²) < 4.78 is 11.7. The van der Waals surface area contributed by atoms with Crippen LogP contribution in [0.3, 0.4) is 0 Å². The lowest BCUT2D eigenvalue weighted by molar-refractivity contribution is -0.119. The van der Waals surface area contributed by atoms with Gasteiger partial charge in [-0.25, -0.2) is 0 Å². The number of nitrogens with one attached hydrogen (secondary N) is 2. The van der Waals surface area contributed by atoms with Crippen LogP contribution in [0, 0.1) is 0 Å². The van der Waals surface area contributed by atoms with Gasteiger partial charge in [-0.15, -0.1) is 0 Å². The molecular formula is C11H24N2O3S. The van der Waals surface area contributed by atoms with Crippen LogP contribution in [0.1, 0.15) is 27.2 Å². The van der Waals surface area contributed by atoms with Crippen LogP contribution in [0.15, 0.2) is 0 Å². The second-order valence-corrected chi connectivity index (χ2v) is 5.74. The lowest BCUT2D eigenvalue weighted by Gasteiger charge is -2.16. The van der Waals surface area contributed by atoms with Crippen LogP contribution in [-0.2, 0) is 15.6 Å². The first kappa shape index (κ1) is 16.5. The quantitative estimate of drug-likeness (QED) is 0.530. The van der Waals surface area contributed by atoms with Gasteiger partial charge in [-0.05, 0) is 26.8 Å². The molecular weight excluding hydrogens is 240 g/mol. The summed E-state index contributed by atoms with van der Waals surface area (Å²) in [5, 5.41) is 14.7. The van der Waals surface area contributed by atoms with Crippen molar-refractivity contribution in [2.45, 2.75) is 39.3 Å². The van der Waals surface area contributed by atoms with Crippen molar-refractivity contribution >= 4 is 16.7 Å². The maximum Gasteiger partial charge on any atom is 0.232 e. The highest BCUT2D eigenvalue weighted by molar-refractivity contribution is 7.85. The van der Waals surface area contributed by atoms with E-state index < -0.39 is 10.8 Å². The van der Waals surface area contributed by atoms with E-state index in [2.05, 4.69) is 10.6 Å². The summed E-state index contributed by atoms with van der Waals surface area (Å²) in [7, 11) is -1.19. The van der Waals surface area contributed by atoms with Crippen molar-refractivity contribution in [1.29, 1.82) is 0 Å². The fraction of sp³-hybridized carbons (Fsp3) is 0.909. The number of hydrogen-bond donors (Lipinski definition) is 3. The van der Waals surface area contributed by atoms with Crippen LogP contribution in [-0.4, -0.2) is 52.0 Å². The van der Waals surface area contributed by atoms with Gasteiger partial charge in [-0.1, -0.05) is 6.92 Å². The van der Waals surface area contributed by atoms with Crippen LogP contribution >= 0.6 is 0 Å². The molecule has 17 heavy (non-hydrogen) atoms. The Bertz CT molecular complexity index is 241. The van der Waals surface area contributed by atoms with Crippen LogP contribution in [0.25, 0.3) is 0 Å². The number of hydrogen-bond acceptors (Lipinski definition) is 4. The van der Waals surface area contributed by atoms with E-state index in [1.165, 1.54) is 0 Å². The van der Waals surface area contributed by atoms with Crippen molar-refractivity contribution in [2.75, 3.05) is 24.7 Å². The molecule has 0 radical (unpaired) electrons. The summed E-state index contributed by atoms with van der Waals surface area (Å²) in [6.07, 6.45) is 0.561. The third-order valence-electron chi connectivity index (χ3n) is 2.10. The molecule has 0 rings (SSSR count). The predicted octanol–water partition coefficient (Wildman–Crippen LogP) is -0.380. The zero-order valence-electron chi connectivity index (χ0n) is 10.9. The second kappa shape index (κ2) is 9.56. The summed E-state index contributed by atoms with van der Waals surface area (Å²) in [6.45, 7) is 6.52. The fourth-order valence-corrected chi connectivity index (χ4v) is 2.71. The standard InChI is InChI=1S/C11H24N2O3S/c1-4-12-10(5-6-14)7-17(16)8-11(15)13-9(2)3/h9-10,12,14H,4-8H2,1-3H3,(H,13,15). The van der Waals surface area contributed by atoms with E-state index in [1.807, 2.05) is 20.8 Å². The third-order valence-corrected chi connectivity index (χ3v) is 3.46. The van der Waals surface area contributed by atoms with Crippen molar-refractivity contribution in [3.63, 3.8) is 0 Å². The minimum atomic E-state index is -1.19. The molecule has 0 aromatic heterocycles. The Morgan fingerprint density at radius 3 is 2.53 bits per heavy atom. The number of amides is 1. The summed E-state index contributed by atoms with van der Waals surface area (Å²) in [5.41, 5.74) is 0. The minimum absolute atomic E-state index is 0.0117. The highest BCUT2D eigenvalue weighted by Crippen LogP contribution is 1.96. The molecule has 2 unspecified atom stereocenters. The smallest absolute Gasteiger partial charge is 0.232 e. The molecule has 2 atom stereocenters. The molecule has 3 N–H and O–H groups in total. The fourth-order valence-electron chi connectivity index (χ4n) is 1.48. The second-order valence-electron chi connectivity index (χ2n) is 4.24. The van der Waals surface area contributed by atoms with Crippen molar-refractivity contribution in [3.05, 3.63) is 0 Å². The van der Waals surface area contributed by atoms with Crippen molar-refractivity contribution < 1.29 is 14.1 Å². The molecule has 0 aromatic carbocycles. The van der Waals surface area contributed by atoms with Gasteiger partial charge in [0.15, 0.2) is 0 Å². The molecule has 0 aliphatic heterocycles. The number of aliphatic hydroxyl groups is 1. The van der Waals surface area contributed by atoms with Gasteiger partial charge in [-0.3, -0.25) is 9.00 Å². The van der Waals surface area contributed by atoms with E-state index in [0.717, 1.165) is 6.54 Å². The molecule has 0 aromatic rings. The van der Waals surface area contributed by atoms with Gasteiger partial charge in [0, 0.05) is 35.2 Å². The molecule has 0 fully saturated rings. The van der Waals surface area contributed by atoms with E-state index in [9.17, 15) is 9.00 Å². The van der Waals surface area contributed by atoms with Crippen molar-refractivity contribution in [3.8, 4) is 0 Å². The first-order valence-electron chi connectivity index (χ1n) is 5.98. The minimum Gasteiger partial charge on any atom is -0.396 e. The highest BCUT2D eigenvalue weighted by Gasteiger charge is 2.14. The summed E-state index contributed by atoms with van der Waals surface area (Å²) in [6, 6.07) is 0.0826. The molecule has 0 bridgehead atoms. The normalized spacial score (nSPS) is 14.6. The van der Waals surface area contributed by atoms with Gasteiger partial charge in [0.05, 0.1) is 0 Å². The summed E-state index contributed by atoms with van der Waals surface area (Å²) in [4.78, 5) is 11.4. The van der Waals surface area contributed by atoms with Gasteiger partial charge in [0.2, 0.25) is 5.91 Å². The largest absolute Gasteiger partial charge is 0.396 e. The van der Waals surface area contributed by atoms with Crippen LogP contribution in [0.2, 0.25) is 0 Å². The molecule has 0 saturated heterocycles. The molecule has 0 spiro atoms. The molecule has 1 amide bonds. The molecule has 0 heterocycles. The Kier molecular flexibility index (Phi) is 9.30. The molecule has 0 saturated carbocycles. The summed E-state index contributed by atoms with van der Waals surface area (Å²) in [5.74, 6) is 0.253.